The summed E-state index contributed by atoms with van der Waals surface area (Å²) in [4.78, 5) is 0. The molecule has 0 N–H and O–H groups in total. The number of aromatic nitrogens is 2. The van der Waals surface area contributed by atoms with Gasteiger partial charge in [-0.1, -0.05) is 115 Å². The summed E-state index contributed by atoms with van der Waals surface area (Å²) in [7, 11) is 0. The first kappa shape index (κ1) is 24.9. The van der Waals surface area contributed by atoms with E-state index in [1.807, 2.05) is 0 Å². The Morgan fingerprint density at radius 1 is 0.432 bits per heavy atom. The lowest BCUT2D eigenvalue weighted by atomic mass is 9.97. The van der Waals surface area contributed by atoms with E-state index < -0.39 is 0 Å². The smallest absolute Gasteiger partial charge is 0.0641 e. The van der Waals surface area contributed by atoms with Gasteiger partial charge in [-0.25, -0.2) is 0 Å². The molecule has 0 saturated carbocycles. The van der Waals surface area contributed by atoms with Gasteiger partial charge in [-0.3, -0.25) is 0 Å². The molecule has 44 heavy (non-hydrogen) atoms. The predicted octanol–water partition coefficient (Wildman–Crippen LogP) is 11.3. The molecule has 0 aliphatic heterocycles. The highest BCUT2D eigenvalue weighted by atomic mass is 15.0. The molecule has 1 aliphatic carbocycles. The molecule has 0 radical (unpaired) electrons. The van der Waals surface area contributed by atoms with Crippen molar-refractivity contribution in [3.05, 3.63) is 163 Å². The molecular weight excluding hydrogens is 532 g/mol. The van der Waals surface area contributed by atoms with Crippen molar-refractivity contribution in [1.29, 1.82) is 0 Å². The van der Waals surface area contributed by atoms with Crippen LogP contribution in [0.1, 0.15) is 18.4 Å². The fourth-order valence-corrected chi connectivity index (χ4v) is 7.16. The van der Waals surface area contributed by atoms with Gasteiger partial charge in [0.15, 0.2) is 0 Å². The molecule has 2 heteroatoms. The van der Waals surface area contributed by atoms with Crippen molar-refractivity contribution in [2.45, 2.75) is 12.8 Å². The van der Waals surface area contributed by atoms with E-state index >= 15 is 0 Å². The van der Waals surface area contributed by atoms with E-state index in [0.29, 0.717) is 0 Å². The molecule has 2 nitrogen and oxygen atoms in total. The maximum Gasteiger partial charge on any atom is 0.0641 e. The van der Waals surface area contributed by atoms with Crippen LogP contribution in [0.25, 0.3) is 71.7 Å². The summed E-state index contributed by atoms with van der Waals surface area (Å²) in [5.41, 5.74) is 12.4. The van der Waals surface area contributed by atoms with Crippen molar-refractivity contribution in [2.75, 3.05) is 0 Å². The van der Waals surface area contributed by atoms with Crippen molar-refractivity contribution in [3.63, 3.8) is 0 Å². The Balaban J connectivity index is 1.31. The van der Waals surface area contributed by atoms with E-state index in [1.54, 1.807) is 0 Å². The van der Waals surface area contributed by atoms with E-state index in [4.69, 9.17) is 0 Å². The average molecular weight is 563 g/mol. The van der Waals surface area contributed by atoms with Gasteiger partial charge in [0.05, 0.1) is 22.1 Å². The van der Waals surface area contributed by atoms with Crippen molar-refractivity contribution >= 4 is 49.2 Å². The van der Waals surface area contributed by atoms with Gasteiger partial charge in [-0.15, -0.1) is 0 Å². The van der Waals surface area contributed by atoms with Gasteiger partial charge in [-0.2, -0.15) is 0 Å². The largest absolute Gasteiger partial charge is 0.309 e. The lowest BCUT2D eigenvalue weighted by Gasteiger charge is -2.13. The van der Waals surface area contributed by atoms with Gasteiger partial charge in [0.25, 0.3) is 0 Å². The summed E-state index contributed by atoms with van der Waals surface area (Å²) in [6.07, 6.45) is 8.88. The van der Waals surface area contributed by atoms with Crippen LogP contribution < -0.4 is 0 Å². The number of allylic oxidation sites excluding steroid dienone is 4. The molecule has 0 atom stereocenters. The number of rotatable bonds is 4. The van der Waals surface area contributed by atoms with E-state index in [-0.39, 0.29) is 0 Å². The third-order valence-corrected chi connectivity index (χ3v) is 9.21. The van der Waals surface area contributed by atoms with Crippen LogP contribution in [0.5, 0.6) is 0 Å². The average Bonchev–Trinajstić information content (AvgIpc) is 3.62. The third kappa shape index (κ3) is 3.81. The molecule has 0 fully saturated rings. The maximum atomic E-state index is 2.47. The standard InChI is InChI=1S/C42H30N2/c1-3-11-29(12-4-1)31-19-23-33(24-20-31)43-39-18-10-8-16-37(39)41-40(43)28-27-36-35-15-7-9-17-38(35)44(42(36)41)34-25-21-32(22-26-34)30-13-5-2-6-14-30/h1-5,7-13,15-28H,6,14H2. The molecular formula is C42H30N2. The van der Waals surface area contributed by atoms with Crippen molar-refractivity contribution in [1.82, 2.24) is 9.13 Å². The summed E-state index contributed by atoms with van der Waals surface area (Å²) in [5.74, 6) is 0. The summed E-state index contributed by atoms with van der Waals surface area (Å²) >= 11 is 0. The molecule has 6 aromatic carbocycles. The highest BCUT2D eigenvalue weighted by Gasteiger charge is 2.20. The molecule has 208 valence electrons. The number of nitrogens with zero attached hydrogens (tertiary/aromatic N) is 2. The predicted molar refractivity (Wildman–Crippen MR) is 187 cm³/mol. The van der Waals surface area contributed by atoms with Crippen molar-refractivity contribution in [3.8, 4) is 22.5 Å². The molecule has 0 saturated heterocycles. The summed E-state index contributed by atoms with van der Waals surface area (Å²) in [6.45, 7) is 0. The normalized spacial score (nSPS) is 13.3. The number of para-hydroxylation sites is 2. The van der Waals surface area contributed by atoms with Crippen LogP contribution in [-0.2, 0) is 0 Å². The Kier molecular flexibility index (Phi) is 5.67. The van der Waals surface area contributed by atoms with Crippen LogP contribution in [0.2, 0.25) is 0 Å². The zero-order valence-corrected chi connectivity index (χ0v) is 24.3. The van der Waals surface area contributed by atoms with Crippen LogP contribution in [-0.4, -0.2) is 9.13 Å². The minimum absolute atomic E-state index is 1.09. The van der Waals surface area contributed by atoms with Crippen LogP contribution >= 0.6 is 0 Å². The minimum atomic E-state index is 1.09. The second kappa shape index (κ2) is 10.00. The molecule has 0 unspecified atom stereocenters. The summed E-state index contributed by atoms with van der Waals surface area (Å²) in [6, 6.07) is 51.0. The van der Waals surface area contributed by atoms with Crippen LogP contribution in [0.15, 0.2) is 158 Å². The second-order valence-corrected chi connectivity index (χ2v) is 11.7. The zero-order chi connectivity index (χ0) is 29.0. The molecule has 8 aromatic rings. The first-order valence-electron chi connectivity index (χ1n) is 15.4. The molecule has 2 heterocycles. The number of hydrogen-bond donors (Lipinski definition) is 0. The summed E-state index contributed by atoms with van der Waals surface area (Å²) in [5, 5.41) is 5.10. The topological polar surface area (TPSA) is 9.86 Å². The Morgan fingerprint density at radius 2 is 1.05 bits per heavy atom. The van der Waals surface area contributed by atoms with Crippen molar-refractivity contribution in [2.24, 2.45) is 0 Å². The maximum absolute atomic E-state index is 2.47. The lowest BCUT2D eigenvalue weighted by molar-refractivity contribution is 1.05. The molecule has 9 rings (SSSR count). The molecule has 0 spiro atoms. The van der Waals surface area contributed by atoms with E-state index in [2.05, 4.69) is 167 Å². The van der Waals surface area contributed by atoms with E-state index in [0.717, 1.165) is 18.5 Å². The Morgan fingerprint density at radius 3 is 1.77 bits per heavy atom. The molecule has 2 aromatic heterocycles. The van der Waals surface area contributed by atoms with Crippen LogP contribution in [0.4, 0.5) is 0 Å². The van der Waals surface area contributed by atoms with Gasteiger partial charge in [0.2, 0.25) is 0 Å². The molecule has 0 amide bonds. The SMILES string of the molecule is C1=CCCC(c2ccc(-n3c4ccccc4c4ccc5c(c6ccccc6n5-c5ccc(-c6ccccc6)cc5)c43)cc2)=C1. The van der Waals surface area contributed by atoms with Crippen LogP contribution in [0, 0.1) is 0 Å². The number of hydrogen-bond acceptors (Lipinski definition) is 0. The fourth-order valence-electron chi connectivity index (χ4n) is 7.16. The van der Waals surface area contributed by atoms with E-state index in [9.17, 15) is 0 Å². The van der Waals surface area contributed by atoms with Crippen LogP contribution in [0.3, 0.4) is 0 Å². The first-order valence-corrected chi connectivity index (χ1v) is 15.4. The van der Waals surface area contributed by atoms with Gasteiger partial charge in [-0.05, 0) is 77.6 Å². The van der Waals surface area contributed by atoms with E-state index in [1.165, 1.54) is 71.6 Å². The van der Waals surface area contributed by atoms with Gasteiger partial charge >= 0.3 is 0 Å². The molecule has 0 bridgehead atoms. The Hall–Kier alpha value is -5.60. The van der Waals surface area contributed by atoms with Gasteiger partial charge in [0, 0.05) is 32.9 Å². The highest BCUT2D eigenvalue weighted by Crippen LogP contribution is 2.42. The monoisotopic (exact) mass is 562 g/mol. The highest BCUT2D eigenvalue weighted by molar-refractivity contribution is 6.26. The zero-order valence-electron chi connectivity index (χ0n) is 24.3. The number of fused-ring (bicyclic) bond motifs is 7. The Bertz CT molecular complexity index is 2400. The molecule has 1 aliphatic rings. The quantitative estimate of drug-likeness (QED) is 0.202. The third-order valence-electron chi connectivity index (χ3n) is 9.21. The summed E-state index contributed by atoms with van der Waals surface area (Å²) < 4.78 is 4.90. The Labute approximate surface area is 256 Å². The van der Waals surface area contributed by atoms with Gasteiger partial charge < -0.3 is 9.13 Å². The van der Waals surface area contributed by atoms with Crippen molar-refractivity contribution < 1.29 is 0 Å². The lowest BCUT2D eigenvalue weighted by Crippen LogP contribution is -1.96. The first-order chi connectivity index (χ1) is 21.8. The second-order valence-electron chi connectivity index (χ2n) is 11.7. The number of benzene rings is 6. The van der Waals surface area contributed by atoms with Gasteiger partial charge in [0.1, 0.15) is 0 Å². The minimum Gasteiger partial charge on any atom is -0.309 e. The fraction of sp³-hybridized carbons (Fsp3) is 0.0476.